The summed E-state index contributed by atoms with van der Waals surface area (Å²) in [5.41, 5.74) is 8.80. The van der Waals surface area contributed by atoms with Gasteiger partial charge in [-0.3, -0.25) is 0 Å². The van der Waals surface area contributed by atoms with Gasteiger partial charge in [0.05, 0.1) is 15.2 Å². The van der Waals surface area contributed by atoms with E-state index in [4.69, 9.17) is 5.73 Å². The van der Waals surface area contributed by atoms with Gasteiger partial charge in [-0.15, -0.1) is 11.3 Å². The largest absolute Gasteiger partial charge is 0.324 e. The molecule has 0 aliphatic carbocycles. The lowest BCUT2D eigenvalue weighted by Crippen LogP contribution is -2.13. The van der Waals surface area contributed by atoms with Gasteiger partial charge in [0.2, 0.25) is 0 Å². The third-order valence-corrected chi connectivity index (χ3v) is 4.40. The molecule has 3 aromatic rings. The summed E-state index contributed by atoms with van der Waals surface area (Å²) in [5, 5.41) is 1.01. The zero-order chi connectivity index (χ0) is 14.1. The highest BCUT2D eigenvalue weighted by Crippen LogP contribution is 2.25. The number of hydrogen-bond donors (Lipinski definition) is 1. The smallest absolute Gasteiger partial charge is 0.126 e. The number of aryl methyl sites for hydroxylation is 1. The van der Waals surface area contributed by atoms with E-state index in [1.165, 1.54) is 10.8 Å². The summed E-state index contributed by atoms with van der Waals surface area (Å²) < 4.78 is 14.4. The second-order valence-corrected chi connectivity index (χ2v) is 6.01. The zero-order valence-electron chi connectivity index (χ0n) is 11.1. The highest BCUT2D eigenvalue weighted by molar-refractivity contribution is 7.18. The van der Waals surface area contributed by atoms with Crippen molar-refractivity contribution in [2.75, 3.05) is 0 Å². The molecular formula is C16H15FN2S. The second-order valence-electron chi connectivity index (χ2n) is 4.89. The Morgan fingerprint density at radius 3 is 2.80 bits per heavy atom. The van der Waals surface area contributed by atoms with Gasteiger partial charge in [0.15, 0.2) is 0 Å². The molecule has 0 saturated carbocycles. The molecule has 2 N–H and O–H groups in total. The first-order valence-electron chi connectivity index (χ1n) is 6.49. The number of nitrogens with zero attached hydrogens (tertiary/aromatic N) is 1. The zero-order valence-corrected chi connectivity index (χ0v) is 12.0. The van der Waals surface area contributed by atoms with Gasteiger partial charge in [-0.05, 0) is 36.2 Å². The van der Waals surface area contributed by atoms with Gasteiger partial charge >= 0.3 is 0 Å². The molecule has 0 radical (unpaired) electrons. The second kappa shape index (κ2) is 5.31. The molecule has 0 spiro atoms. The van der Waals surface area contributed by atoms with Gasteiger partial charge < -0.3 is 5.73 Å². The quantitative estimate of drug-likeness (QED) is 0.790. The minimum atomic E-state index is -0.194. The summed E-state index contributed by atoms with van der Waals surface area (Å²) in [6.07, 6.45) is 0.671. The minimum absolute atomic E-state index is 0.158. The Hall–Kier alpha value is -1.78. The van der Waals surface area contributed by atoms with Crippen molar-refractivity contribution in [3.63, 3.8) is 0 Å². The van der Waals surface area contributed by atoms with Crippen LogP contribution in [0.5, 0.6) is 0 Å². The molecule has 0 amide bonds. The van der Waals surface area contributed by atoms with E-state index in [1.54, 1.807) is 24.3 Å². The number of benzene rings is 2. The molecule has 1 atom stereocenters. The maximum absolute atomic E-state index is 13.3. The van der Waals surface area contributed by atoms with Crippen LogP contribution in [0.2, 0.25) is 0 Å². The van der Waals surface area contributed by atoms with Gasteiger partial charge in [-0.1, -0.05) is 24.3 Å². The first-order chi connectivity index (χ1) is 9.63. The maximum atomic E-state index is 13.3. The summed E-state index contributed by atoms with van der Waals surface area (Å²) in [5.74, 6) is -0.194. The molecule has 3 rings (SSSR count). The fraction of sp³-hybridized carbons (Fsp3) is 0.188. The lowest BCUT2D eigenvalue weighted by atomic mass is 10.0. The van der Waals surface area contributed by atoms with Crippen LogP contribution < -0.4 is 5.73 Å². The molecule has 2 aromatic carbocycles. The molecule has 20 heavy (non-hydrogen) atoms. The van der Waals surface area contributed by atoms with E-state index in [0.29, 0.717) is 12.0 Å². The van der Waals surface area contributed by atoms with Crippen molar-refractivity contribution in [2.24, 2.45) is 5.73 Å². The van der Waals surface area contributed by atoms with Crippen molar-refractivity contribution in [3.05, 3.63) is 64.4 Å². The number of aromatic nitrogens is 1. The highest BCUT2D eigenvalue weighted by Gasteiger charge is 2.12. The Morgan fingerprint density at radius 2 is 2.05 bits per heavy atom. The van der Waals surface area contributed by atoms with Gasteiger partial charge in [-0.25, -0.2) is 9.37 Å². The topological polar surface area (TPSA) is 38.9 Å². The average Bonchev–Trinajstić information content (AvgIpc) is 2.83. The fourth-order valence-corrected chi connectivity index (χ4v) is 3.24. The molecule has 4 heteroatoms. The van der Waals surface area contributed by atoms with Crippen LogP contribution in [-0.4, -0.2) is 4.98 Å². The molecular weight excluding hydrogens is 271 g/mol. The number of fused-ring (bicyclic) bond motifs is 1. The first-order valence-corrected chi connectivity index (χ1v) is 7.31. The number of para-hydroxylation sites is 1. The summed E-state index contributed by atoms with van der Waals surface area (Å²) in [4.78, 5) is 4.58. The van der Waals surface area contributed by atoms with Crippen LogP contribution in [0.4, 0.5) is 4.39 Å². The summed E-state index contributed by atoms with van der Waals surface area (Å²) in [6.45, 7) is 1.75. The molecule has 0 bridgehead atoms. The minimum Gasteiger partial charge on any atom is -0.324 e. The number of hydrogen-bond acceptors (Lipinski definition) is 3. The van der Waals surface area contributed by atoms with Crippen LogP contribution in [0.3, 0.4) is 0 Å². The van der Waals surface area contributed by atoms with Crippen LogP contribution in [0.25, 0.3) is 10.2 Å². The van der Waals surface area contributed by atoms with E-state index in [0.717, 1.165) is 16.1 Å². The van der Waals surface area contributed by atoms with Crippen molar-refractivity contribution < 1.29 is 4.39 Å². The van der Waals surface area contributed by atoms with Crippen molar-refractivity contribution >= 4 is 21.6 Å². The Morgan fingerprint density at radius 1 is 1.25 bits per heavy atom. The maximum Gasteiger partial charge on any atom is 0.126 e. The van der Waals surface area contributed by atoms with Crippen LogP contribution in [-0.2, 0) is 6.42 Å². The van der Waals surface area contributed by atoms with Gasteiger partial charge in [0, 0.05) is 12.5 Å². The van der Waals surface area contributed by atoms with Gasteiger partial charge in [0.1, 0.15) is 5.82 Å². The molecule has 1 heterocycles. The van der Waals surface area contributed by atoms with Gasteiger partial charge in [0.25, 0.3) is 0 Å². The SMILES string of the molecule is Cc1cc(C(N)Cc2nc3ccccc3s2)ccc1F. The Bertz CT molecular complexity index is 718. The molecule has 0 fully saturated rings. The molecule has 0 aliphatic heterocycles. The van der Waals surface area contributed by atoms with Crippen LogP contribution in [0, 0.1) is 12.7 Å². The molecule has 0 saturated heterocycles. The van der Waals surface area contributed by atoms with E-state index in [9.17, 15) is 4.39 Å². The molecule has 1 unspecified atom stereocenters. The van der Waals surface area contributed by atoms with E-state index < -0.39 is 0 Å². The van der Waals surface area contributed by atoms with Crippen LogP contribution in [0.15, 0.2) is 42.5 Å². The summed E-state index contributed by atoms with van der Waals surface area (Å²) in [7, 11) is 0. The Labute approximate surface area is 121 Å². The number of thiazole rings is 1. The fourth-order valence-electron chi connectivity index (χ4n) is 2.21. The predicted octanol–water partition coefficient (Wildman–Crippen LogP) is 3.99. The van der Waals surface area contributed by atoms with E-state index in [2.05, 4.69) is 11.1 Å². The number of rotatable bonds is 3. The summed E-state index contributed by atoms with van der Waals surface area (Å²) in [6, 6.07) is 12.9. The third-order valence-electron chi connectivity index (χ3n) is 3.34. The van der Waals surface area contributed by atoms with Crippen LogP contribution in [0.1, 0.15) is 22.2 Å². The normalized spacial score (nSPS) is 12.8. The van der Waals surface area contributed by atoms with E-state index in [1.807, 2.05) is 24.3 Å². The van der Waals surface area contributed by atoms with Crippen LogP contribution >= 0.6 is 11.3 Å². The van der Waals surface area contributed by atoms with Crippen molar-refractivity contribution in [3.8, 4) is 0 Å². The molecule has 2 nitrogen and oxygen atoms in total. The van der Waals surface area contributed by atoms with Crippen molar-refractivity contribution in [1.29, 1.82) is 0 Å². The number of halogens is 1. The monoisotopic (exact) mass is 286 g/mol. The molecule has 102 valence electrons. The lowest BCUT2D eigenvalue weighted by Gasteiger charge is -2.11. The van der Waals surface area contributed by atoms with E-state index in [-0.39, 0.29) is 11.9 Å². The third kappa shape index (κ3) is 2.57. The van der Waals surface area contributed by atoms with Gasteiger partial charge in [-0.2, -0.15) is 0 Å². The average molecular weight is 286 g/mol. The van der Waals surface area contributed by atoms with E-state index >= 15 is 0 Å². The summed E-state index contributed by atoms with van der Waals surface area (Å²) >= 11 is 1.66. The number of nitrogens with two attached hydrogens (primary N) is 1. The molecule has 1 aromatic heterocycles. The lowest BCUT2D eigenvalue weighted by molar-refractivity contribution is 0.615. The first kappa shape index (κ1) is 13.2. The standard InChI is InChI=1S/C16H15FN2S/c1-10-8-11(6-7-12(10)17)13(18)9-16-19-14-4-2-3-5-15(14)20-16/h2-8,13H,9,18H2,1H3. The van der Waals surface area contributed by atoms with Crippen molar-refractivity contribution in [1.82, 2.24) is 4.98 Å². The molecule has 0 aliphatic rings. The Kier molecular flexibility index (Phi) is 3.51. The van der Waals surface area contributed by atoms with Crippen molar-refractivity contribution in [2.45, 2.75) is 19.4 Å². The Balaban J connectivity index is 1.84. The highest BCUT2D eigenvalue weighted by atomic mass is 32.1. The predicted molar refractivity (Wildman–Crippen MR) is 81.4 cm³/mol.